The van der Waals surface area contributed by atoms with E-state index >= 15 is 0 Å². The van der Waals surface area contributed by atoms with Crippen LogP contribution in [0.3, 0.4) is 0 Å². The Balaban J connectivity index is 4.37. The van der Waals surface area contributed by atoms with Gasteiger partial charge in [0.25, 0.3) is 10.1 Å². The van der Waals surface area contributed by atoms with Gasteiger partial charge in [0.1, 0.15) is 0 Å². The largest absolute Gasteiger partial charge is 0.465 e. The number of hydrogen-bond acceptors (Lipinski definition) is 4. The Hall–Kier alpha value is -0.880. The lowest BCUT2D eigenvalue weighted by atomic mass is 10.3. The van der Waals surface area contributed by atoms with Gasteiger partial charge in [-0.05, 0) is 12.8 Å². The van der Waals surface area contributed by atoms with Crippen LogP contribution in [0.15, 0.2) is 12.7 Å². The summed E-state index contributed by atoms with van der Waals surface area (Å²) in [5, 5.41) is -1.55. The van der Waals surface area contributed by atoms with Gasteiger partial charge >= 0.3 is 5.97 Å². The number of rotatable bonds is 7. The Kier molecular flexibility index (Phi) is 6.19. The van der Waals surface area contributed by atoms with Gasteiger partial charge in [0.15, 0.2) is 5.25 Å². The molecule has 1 N–H and O–H groups in total. The molecule has 0 aliphatic rings. The van der Waals surface area contributed by atoms with Crippen molar-refractivity contribution in [1.29, 1.82) is 0 Å². The molecular weight excluding hydrogens is 220 g/mol. The summed E-state index contributed by atoms with van der Waals surface area (Å²) in [4.78, 5) is 11.2. The van der Waals surface area contributed by atoms with Gasteiger partial charge in [-0.25, -0.2) is 0 Å². The first-order valence-electron chi connectivity index (χ1n) is 4.67. The number of carbonyl (C=O) groups excluding carboxylic acids is 1. The molecule has 6 heteroatoms. The molecule has 0 aliphatic carbocycles. The molecule has 0 amide bonds. The van der Waals surface area contributed by atoms with E-state index in [0.29, 0.717) is 6.42 Å². The van der Waals surface area contributed by atoms with Crippen LogP contribution in [-0.2, 0) is 19.6 Å². The standard InChI is InChI=1S/C9H16O5S/c1-3-5-7-14-9(10)8(6-4-2)15(11,12)13/h4,8H,2-3,5-7H2,1H3,(H,11,12,13). The van der Waals surface area contributed by atoms with Crippen molar-refractivity contribution in [2.75, 3.05) is 6.61 Å². The highest BCUT2D eigenvalue weighted by Gasteiger charge is 2.31. The molecule has 0 radical (unpaired) electrons. The summed E-state index contributed by atoms with van der Waals surface area (Å²) < 4.78 is 35.1. The maximum absolute atomic E-state index is 11.2. The summed E-state index contributed by atoms with van der Waals surface area (Å²) in [6.07, 6.45) is 2.60. The number of allylic oxidation sites excluding steroid dienone is 1. The van der Waals surface area contributed by atoms with E-state index in [1.54, 1.807) is 0 Å². The van der Waals surface area contributed by atoms with Gasteiger partial charge in [-0.1, -0.05) is 19.4 Å². The molecular formula is C9H16O5S. The van der Waals surface area contributed by atoms with Crippen LogP contribution in [0.5, 0.6) is 0 Å². The normalized spacial score (nSPS) is 13.2. The number of ether oxygens (including phenoxy) is 1. The third kappa shape index (κ3) is 5.54. The van der Waals surface area contributed by atoms with Crippen molar-refractivity contribution in [3.8, 4) is 0 Å². The maximum atomic E-state index is 11.2. The second-order valence-corrected chi connectivity index (χ2v) is 4.65. The molecule has 0 fully saturated rings. The zero-order chi connectivity index (χ0) is 11.9. The van der Waals surface area contributed by atoms with Crippen molar-refractivity contribution < 1.29 is 22.5 Å². The van der Waals surface area contributed by atoms with Crippen LogP contribution in [0.4, 0.5) is 0 Å². The summed E-state index contributed by atoms with van der Waals surface area (Å²) in [6.45, 7) is 5.39. The second-order valence-electron chi connectivity index (χ2n) is 3.05. The Labute approximate surface area is 89.9 Å². The van der Waals surface area contributed by atoms with Gasteiger partial charge in [0.2, 0.25) is 0 Å². The topological polar surface area (TPSA) is 80.7 Å². The van der Waals surface area contributed by atoms with Crippen LogP contribution in [0.25, 0.3) is 0 Å². The van der Waals surface area contributed by atoms with E-state index in [2.05, 4.69) is 6.58 Å². The number of unbranched alkanes of at least 4 members (excludes halogenated alkanes) is 1. The number of hydrogen-bond donors (Lipinski definition) is 1. The molecule has 5 nitrogen and oxygen atoms in total. The molecule has 0 heterocycles. The first-order valence-corrected chi connectivity index (χ1v) is 6.17. The van der Waals surface area contributed by atoms with Crippen molar-refractivity contribution in [2.24, 2.45) is 0 Å². The van der Waals surface area contributed by atoms with Gasteiger partial charge in [-0.3, -0.25) is 9.35 Å². The summed E-state index contributed by atoms with van der Waals surface area (Å²) in [5.41, 5.74) is 0. The smallest absolute Gasteiger partial charge is 0.327 e. The average molecular weight is 236 g/mol. The summed E-state index contributed by atoms with van der Waals surface area (Å²) in [6, 6.07) is 0. The Morgan fingerprint density at radius 1 is 1.60 bits per heavy atom. The summed E-state index contributed by atoms with van der Waals surface area (Å²) in [7, 11) is -4.41. The number of esters is 1. The average Bonchev–Trinajstić information content (AvgIpc) is 2.12. The summed E-state index contributed by atoms with van der Waals surface area (Å²) in [5.74, 6) is -0.925. The molecule has 88 valence electrons. The first kappa shape index (κ1) is 14.1. The van der Waals surface area contributed by atoms with E-state index in [4.69, 9.17) is 9.29 Å². The van der Waals surface area contributed by atoms with Gasteiger partial charge in [-0.15, -0.1) is 6.58 Å². The van der Waals surface area contributed by atoms with E-state index in [1.807, 2.05) is 6.92 Å². The molecule has 0 rings (SSSR count). The van der Waals surface area contributed by atoms with Crippen LogP contribution < -0.4 is 0 Å². The Bertz CT molecular complexity index is 306. The Morgan fingerprint density at radius 3 is 2.60 bits per heavy atom. The van der Waals surface area contributed by atoms with Crippen LogP contribution >= 0.6 is 0 Å². The molecule has 0 aromatic heterocycles. The molecule has 0 spiro atoms. The zero-order valence-corrected chi connectivity index (χ0v) is 9.50. The first-order chi connectivity index (χ1) is 6.93. The molecule has 15 heavy (non-hydrogen) atoms. The zero-order valence-electron chi connectivity index (χ0n) is 8.68. The minimum atomic E-state index is -4.41. The number of carbonyl (C=O) groups is 1. The molecule has 0 saturated carbocycles. The monoisotopic (exact) mass is 236 g/mol. The van der Waals surface area contributed by atoms with Crippen molar-refractivity contribution in [3.05, 3.63) is 12.7 Å². The van der Waals surface area contributed by atoms with Crippen molar-refractivity contribution >= 4 is 16.1 Å². The quantitative estimate of drug-likeness (QED) is 0.310. The highest BCUT2D eigenvalue weighted by atomic mass is 32.2. The van der Waals surface area contributed by atoms with Crippen LogP contribution in [0, 0.1) is 0 Å². The fourth-order valence-electron chi connectivity index (χ4n) is 0.901. The predicted molar refractivity (Wildman–Crippen MR) is 56.0 cm³/mol. The van der Waals surface area contributed by atoms with Gasteiger partial charge < -0.3 is 4.74 Å². The SMILES string of the molecule is C=CCC(C(=O)OCCCC)S(=O)(=O)O. The lowest BCUT2D eigenvalue weighted by Crippen LogP contribution is -2.31. The van der Waals surface area contributed by atoms with Crippen LogP contribution in [-0.4, -0.2) is 30.8 Å². The molecule has 1 unspecified atom stereocenters. The maximum Gasteiger partial charge on any atom is 0.327 e. The van der Waals surface area contributed by atoms with Gasteiger partial charge in [0.05, 0.1) is 6.61 Å². The lowest BCUT2D eigenvalue weighted by molar-refractivity contribution is -0.143. The second kappa shape index (κ2) is 6.58. The van der Waals surface area contributed by atoms with E-state index in [0.717, 1.165) is 6.42 Å². The molecule has 0 aromatic carbocycles. The molecule has 0 saturated heterocycles. The highest BCUT2D eigenvalue weighted by Crippen LogP contribution is 2.08. The fraction of sp³-hybridized carbons (Fsp3) is 0.667. The van der Waals surface area contributed by atoms with Crippen LogP contribution in [0.1, 0.15) is 26.2 Å². The predicted octanol–water partition coefficient (Wildman–Crippen LogP) is 1.16. The molecule has 0 aromatic rings. The van der Waals surface area contributed by atoms with Crippen molar-refractivity contribution in [3.63, 3.8) is 0 Å². The van der Waals surface area contributed by atoms with Crippen molar-refractivity contribution in [1.82, 2.24) is 0 Å². The third-order valence-electron chi connectivity index (χ3n) is 1.75. The molecule has 1 atom stereocenters. The van der Waals surface area contributed by atoms with Crippen molar-refractivity contribution in [2.45, 2.75) is 31.4 Å². The van der Waals surface area contributed by atoms with E-state index in [9.17, 15) is 13.2 Å². The molecule has 0 aliphatic heterocycles. The summed E-state index contributed by atoms with van der Waals surface area (Å²) >= 11 is 0. The minimum Gasteiger partial charge on any atom is -0.465 e. The molecule has 0 bridgehead atoms. The lowest BCUT2D eigenvalue weighted by Gasteiger charge is -2.10. The highest BCUT2D eigenvalue weighted by molar-refractivity contribution is 7.87. The van der Waals surface area contributed by atoms with Crippen LogP contribution in [0.2, 0.25) is 0 Å². The van der Waals surface area contributed by atoms with E-state index < -0.39 is 21.3 Å². The van der Waals surface area contributed by atoms with E-state index in [-0.39, 0.29) is 13.0 Å². The van der Waals surface area contributed by atoms with Gasteiger partial charge in [0, 0.05) is 0 Å². The third-order valence-corrected chi connectivity index (χ3v) is 2.85. The fourth-order valence-corrected chi connectivity index (χ4v) is 1.59. The Morgan fingerprint density at radius 2 is 2.20 bits per heavy atom. The minimum absolute atomic E-state index is 0.149. The van der Waals surface area contributed by atoms with Gasteiger partial charge in [-0.2, -0.15) is 8.42 Å². The van der Waals surface area contributed by atoms with E-state index in [1.165, 1.54) is 6.08 Å².